The van der Waals surface area contributed by atoms with Gasteiger partial charge in [-0.2, -0.15) is 0 Å². The molecule has 0 unspecified atom stereocenters. The molecule has 4 aromatic rings. The van der Waals surface area contributed by atoms with Gasteiger partial charge in [0.25, 0.3) is 0 Å². The first-order valence-corrected chi connectivity index (χ1v) is 11.2. The standard InChI is InChI=1S/C27H27N3O2/c1-32-27(31)24-16-22(20-9-5-6-10-20)17-28-26(24)29-23-11-12-25-21(15-23)13-14-30(25)18-19-7-3-2-4-8-19/h2-4,7-8,11-17,20H,5-6,9-10,18H2,1H3,(H,28,29). The Bertz CT molecular complexity index is 1240. The van der Waals surface area contributed by atoms with Crippen molar-refractivity contribution in [1.82, 2.24) is 9.55 Å². The molecular formula is C27H27N3O2. The molecule has 0 atom stereocenters. The zero-order valence-corrected chi connectivity index (χ0v) is 18.3. The first-order chi connectivity index (χ1) is 15.7. The number of benzene rings is 2. The molecule has 5 rings (SSSR count). The SMILES string of the molecule is COC(=O)c1cc(C2CCCC2)cnc1Nc1ccc2c(ccn2Cc2ccccc2)c1. The molecule has 0 spiro atoms. The molecule has 1 fully saturated rings. The maximum Gasteiger partial charge on any atom is 0.341 e. The number of ether oxygens (including phenoxy) is 1. The Balaban J connectivity index is 1.41. The Morgan fingerprint density at radius 1 is 1.09 bits per heavy atom. The molecule has 1 saturated carbocycles. The second-order valence-electron chi connectivity index (χ2n) is 8.47. The minimum absolute atomic E-state index is 0.366. The van der Waals surface area contributed by atoms with Crippen molar-refractivity contribution >= 4 is 28.4 Å². The highest BCUT2D eigenvalue weighted by Gasteiger charge is 2.21. The number of anilines is 2. The first-order valence-electron chi connectivity index (χ1n) is 11.2. The van der Waals surface area contributed by atoms with Crippen molar-refractivity contribution in [3.8, 4) is 0 Å². The van der Waals surface area contributed by atoms with Crippen LogP contribution in [0.3, 0.4) is 0 Å². The lowest BCUT2D eigenvalue weighted by Crippen LogP contribution is -2.09. The predicted octanol–water partition coefficient (Wildman–Crippen LogP) is 6.27. The normalized spacial score (nSPS) is 14.0. The number of nitrogens with zero attached hydrogens (tertiary/aromatic N) is 2. The van der Waals surface area contributed by atoms with E-state index in [4.69, 9.17) is 4.74 Å². The fourth-order valence-electron chi connectivity index (χ4n) is 4.66. The lowest BCUT2D eigenvalue weighted by atomic mass is 9.98. The molecular weight excluding hydrogens is 398 g/mol. The molecule has 5 heteroatoms. The minimum atomic E-state index is -0.366. The van der Waals surface area contributed by atoms with Crippen LogP contribution in [0.2, 0.25) is 0 Å². The fraction of sp³-hybridized carbons (Fsp3) is 0.259. The van der Waals surface area contributed by atoms with Crippen LogP contribution in [0.4, 0.5) is 11.5 Å². The van der Waals surface area contributed by atoms with Gasteiger partial charge in [0.2, 0.25) is 0 Å². The van der Waals surface area contributed by atoms with Crippen LogP contribution in [0.15, 0.2) is 73.1 Å². The minimum Gasteiger partial charge on any atom is -0.465 e. The Morgan fingerprint density at radius 2 is 1.91 bits per heavy atom. The smallest absolute Gasteiger partial charge is 0.341 e. The Labute approximate surface area is 188 Å². The van der Waals surface area contributed by atoms with Gasteiger partial charge < -0.3 is 14.6 Å². The van der Waals surface area contributed by atoms with Gasteiger partial charge in [0.05, 0.1) is 7.11 Å². The summed E-state index contributed by atoms with van der Waals surface area (Å²) in [5.41, 5.74) is 4.93. The number of carbonyl (C=O) groups excluding carboxylic acids is 1. The highest BCUT2D eigenvalue weighted by Crippen LogP contribution is 2.35. The molecule has 0 amide bonds. The lowest BCUT2D eigenvalue weighted by molar-refractivity contribution is 0.0601. The molecule has 0 bridgehead atoms. The van der Waals surface area contributed by atoms with Crippen LogP contribution < -0.4 is 5.32 Å². The number of pyridine rings is 1. The highest BCUT2D eigenvalue weighted by atomic mass is 16.5. The van der Waals surface area contributed by atoms with E-state index in [1.807, 2.05) is 24.4 Å². The van der Waals surface area contributed by atoms with Gasteiger partial charge in [-0.25, -0.2) is 9.78 Å². The number of fused-ring (bicyclic) bond motifs is 1. The van der Waals surface area contributed by atoms with E-state index >= 15 is 0 Å². The van der Waals surface area contributed by atoms with E-state index in [9.17, 15) is 4.79 Å². The monoisotopic (exact) mass is 425 g/mol. The van der Waals surface area contributed by atoms with Crippen molar-refractivity contribution in [2.45, 2.75) is 38.1 Å². The topological polar surface area (TPSA) is 56.1 Å². The second kappa shape index (κ2) is 8.87. The Hall–Kier alpha value is -3.60. The van der Waals surface area contributed by atoms with Gasteiger partial charge in [0, 0.05) is 35.5 Å². The van der Waals surface area contributed by atoms with Crippen LogP contribution in [-0.4, -0.2) is 22.6 Å². The average molecular weight is 426 g/mol. The molecule has 0 aliphatic heterocycles. The maximum atomic E-state index is 12.5. The van der Waals surface area contributed by atoms with Crippen molar-refractivity contribution in [2.75, 3.05) is 12.4 Å². The summed E-state index contributed by atoms with van der Waals surface area (Å²) < 4.78 is 7.28. The number of carbonyl (C=O) groups is 1. The Morgan fingerprint density at radius 3 is 2.69 bits per heavy atom. The first kappa shape index (κ1) is 20.3. The lowest BCUT2D eigenvalue weighted by Gasteiger charge is -2.15. The number of nitrogens with one attached hydrogen (secondary N) is 1. The molecule has 32 heavy (non-hydrogen) atoms. The summed E-state index contributed by atoms with van der Waals surface area (Å²) in [5.74, 6) is 0.650. The summed E-state index contributed by atoms with van der Waals surface area (Å²) in [6.07, 6.45) is 8.80. The summed E-state index contributed by atoms with van der Waals surface area (Å²) in [4.78, 5) is 17.1. The van der Waals surface area contributed by atoms with Crippen molar-refractivity contribution in [1.29, 1.82) is 0 Å². The van der Waals surface area contributed by atoms with E-state index in [1.54, 1.807) is 0 Å². The van der Waals surface area contributed by atoms with E-state index < -0.39 is 0 Å². The zero-order valence-electron chi connectivity index (χ0n) is 18.3. The molecule has 1 aliphatic rings. The van der Waals surface area contributed by atoms with Gasteiger partial charge in [-0.3, -0.25) is 0 Å². The van der Waals surface area contributed by atoms with Gasteiger partial charge in [-0.15, -0.1) is 0 Å². The molecule has 5 nitrogen and oxygen atoms in total. The van der Waals surface area contributed by atoms with Crippen LogP contribution in [0.25, 0.3) is 10.9 Å². The van der Waals surface area contributed by atoms with Gasteiger partial charge in [-0.1, -0.05) is 43.2 Å². The summed E-state index contributed by atoms with van der Waals surface area (Å²) in [6, 6.07) is 20.7. The quantitative estimate of drug-likeness (QED) is 0.370. The van der Waals surface area contributed by atoms with E-state index in [-0.39, 0.29) is 5.97 Å². The third kappa shape index (κ3) is 4.11. The summed E-state index contributed by atoms with van der Waals surface area (Å²) in [5, 5.41) is 4.47. The summed E-state index contributed by atoms with van der Waals surface area (Å²) >= 11 is 0. The third-order valence-corrected chi connectivity index (χ3v) is 6.37. The van der Waals surface area contributed by atoms with Crippen molar-refractivity contribution in [3.05, 3.63) is 89.7 Å². The van der Waals surface area contributed by atoms with Crippen molar-refractivity contribution < 1.29 is 9.53 Å². The number of aromatic nitrogens is 2. The molecule has 1 aliphatic carbocycles. The van der Waals surface area contributed by atoms with Crippen LogP contribution >= 0.6 is 0 Å². The maximum absolute atomic E-state index is 12.5. The van der Waals surface area contributed by atoms with Crippen molar-refractivity contribution in [2.24, 2.45) is 0 Å². The van der Waals surface area contributed by atoms with E-state index in [0.29, 0.717) is 17.3 Å². The number of rotatable bonds is 6. The molecule has 162 valence electrons. The molecule has 2 heterocycles. The molecule has 0 saturated heterocycles. The summed E-state index contributed by atoms with van der Waals surface area (Å²) in [6.45, 7) is 0.827. The van der Waals surface area contributed by atoms with Gasteiger partial charge in [0.1, 0.15) is 11.4 Å². The Kier molecular flexibility index (Phi) is 5.63. The number of hydrogen-bond acceptors (Lipinski definition) is 4. The number of hydrogen-bond donors (Lipinski definition) is 1. The van der Waals surface area contributed by atoms with Gasteiger partial charge in [-0.05, 0) is 60.2 Å². The van der Waals surface area contributed by atoms with Crippen LogP contribution in [0.1, 0.15) is 53.1 Å². The summed E-state index contributed by atoms with van der Waals surface area (Å²) in [7, 11) is 1.41. The van der Waals surface area contributed by atoms with E-state index in [2.05, 4.69) is 63.5 Å². The predicted molar refractivity (Wildman–Crippen MR) is 128 cm³/mol. The molecule has 1 N–H and O–H groups in total. The number of esters is 1. The van der Waals surface area contributed by atoms with E-state index in [1.165, 1.54) is 25.5 Å². The van der Waals surface area contributed by atoms with Gasteiger partial charge >= 0.3 is 5.97 Å². The van der Waals surface area contributed by atoms with Gasteiger partial charge in [0.15, 0.2) is 0 Å². The highest BCUT2D eigenvalue weighted by molar-refractivity contribution is 5.96. The number of methoxy groups -OCH3 is 1. The van der Waals surface area contributed by atoms with Crippen molar-refractivity contribution in [3.63, 3.8) is 0 Å². The van der Waals surface area contributed by atoms with Crippen LogP contribution in [0, 0.1) is 0 Å². The van der Waals surface area contributed by atoms with E-state index in [0.717, 1.165) is 41.5 Å². The molecule has 2 aromatic carbocycles. The third-order valence-electron chi connectivity index (χ3n) is 6.37. The van der Waals surface area contributed by atoms with Crippen LogP contribution in [0.5, 0.6) is 0 Å². The average Bonchev–Trinajstić information content (AvgIpc) is 3.50. The zero-order chi connectivity index (χ0) is 21.9. The molecule has 2 aromatic heterocycles. The largest absolute Gasteiger partial charge is 0.465 e. The van der Waals surface area contributed by atoms with Crippen LogP contribution in [-0.2, 0) is 11.3 Å². The molecule has 0 radical (unpaired) electrons. The fourth-order valence-corrected chi connectivity index (χ4v) is 4.66. The second-order valence-corrected chi connectivity index (χ2v) is 8.47.